The third kappa shape index (κ3) is 4.43. The molecule has 0 aromatic carbocycles. The highest BCUT2D eigenvalue weighted by atomic mass is 16.5. The second kappa shape index (κ2) is 8.86. The van der Waals surface area contributed by atoms with Crippen molar-refractivity contribution in [1.82, 2.24) is 15.2 Å². The van der Waals surface area contributed by atoms with Crippen molar-refractivity contribution in [2.24, 2.45) is 5.92 Å². The summed E-state index contributed by atoms with van der Waals surface area (Å²) in [6, 6.07) is 3.93. The molecule has 4 rings (SSSR count). The van der Waals surface area contributed by atoms with Crippen LogP contribution in [0.2, 0.25) is 0 Å². The number of pyridine rings is 1. The molecule has 0 radical (unpaired) electrons. The van der Waals surface area contributed by atoms with E-state index < -0.39 is 0 Å². The number of carbonyl (C=O) groups excluding carboxylic acids is 2. The average molecular weight is 383 g/mol. The summed E-state index contributed by atoms with van der Waals surface area (Å²) in [6.07, 6.45) is 12.2. The molecule has 1 aromatic rings. The molecule has 0 saturated carbocycles. The molecule has 3 atom stereocenters. The summed E-state index contributed by atoms with van der Waals surface area (Å²) >= 11 is 0. The van der Waals surface area contributed by atoms with Gasteiger partial charge in [-0.3, -0.25) is 14.6 Å². The van der Waals surface area contributed by atoms with Crippen molar-refractivity contribution in [3.8, 4) is 0 Å². The smallest absolute Gasteiger partial charge is 0.227 e. The predicted molar refractivity (Wildman–Crippen MR) is 105 cm³/mol. The largest absolute Gasteiger partial charge is 0.376 e. The number of rotatable bonds is 5. The number of nitrogens with zero attached hydrogens (tertiary/aromatic N) is 2. The molecule has 2 aliphatic heterocycles. The molecule has 3 aliphatic rings. The van der Waals surface area contributed by atoms with Crippen molar-refractivity contribution in [2.75, 3.05) is 13.2 Å². The molecule has 2 fully saturated rings. The fraction of sp³-hybridized carbons (Fsp3) is 0.591. The molecule has 2 saturated heterocycles. The molecule has 150 valence electrons. The summed E-state index contributed by atoms with van der Waals surface area (Å²) in [6.45, 7) is 1.63. The summed E-state index contributed by atoms with van der Waals surface area (Å²) in [5.74, 6) is -0.0776. The van der Waals surface area contributed by atoms with Gasteiger partial charge in [-0.25, -0.2) is 0 Å². The van der Waals surface area contributed by atoms with Gasteiger partial charge in [0, 0.05) is 38.5 Å². The van der Waals surface area contributed by atoms with Crippen molar-refractivity contribution in [2.45, 2.75) is 63.6 Å². The number of hydrogen-bond donors (Lipinski definition) is 1. The van der Waals surface area contributed by atoms with E-state index in [1.807, 2.05) is 17.0 Å². The Kier molecular flexibility index (Phi) is 6.05. The van der Waals surface area contributed by atoms with Crippen LogP contribution in [0, 0.1) is 5.92 Å². The van der Waals surface area contributed by atoms with E-state index in [9.17, 15) is 9.59 Å². The van der Waals surface area contributed by atoms with Crippen molar-refractivity contribution >= 4 is 11.8 Å². The summed E-state index contributed by atoms with van der Waals surface area (Å²) in [4.78, 5) is 31.8. The molecule has 6 heteroatoms. The van der Waals surface area contributed by atoms with Gasteiger partial charge in [0.2, 0.25) is 11.8 Å². The zero-order chi connectivity index (χ0) is 19.3. The predicted octanol–water partition coefficient (Wildman–Crippen LogP) is 2.59. The highest BCUT2D eigenvalue weighted by Crippen LogP contribution is 2.33. The second-order valence-electron chi connectivity index (χ2n) is 8.11. The summed E-state index contributed by atoms with van der Waals surface area (Å²) in [5.41, 5.74) is 2.23. The van der Waals surface area contributed by atoms with Gasteiger partial charge >= 0.3 is 0 Å². The van der Waals surface area contributed by atoms with E-state index in [0.717, 1.165) is 24.8 Å². The summed E-state index contributed by atoms with van der Waals surface area (Å²) < 4.78 is 5.87. The Labute approximate surface area is 166 Å². The first kappa shape index (κ1) is 19.1. The first-order chi connectivity index (χ1) is 13.7. The Morgan fingerprint density at radius 1 is 1.32 bits per heavy atom. The van der Waals surface area contributed by atoms with Gasteiger partial charge in [-0.1, -0.05) is 17.7 Å². The van der Waals surface area contributed by atoms with Gasteiger partial charge in [0.05, 0.1) is 18.1 Å². The normalized spacial score (nSPS) is 27.1. The van der Waals surface area contributed by atoms with E-state index in [1.54, 1.807) is 12.4 Å². The van der Waals surface area contributed by atoms with Gasteiger partial charge in [0.15, 0.2) is 0 Å². The topological polar surface area (TPSA) is 71.5 Å². The van der Waals surface area contributed by atoms with Gasteiger partial charge < -0.3 is 15.0 Å². The van der Waals surface area contributed by atoms with E-state index >= 15 is 0 Å². The number of amides is 2. The number of carbonyl (C=O) groups is 2. The fourth-order valence-electron chi connectivity index (χ4n) is 4.62. The maximum absolute atomic E-state index is 13.0. The number of aromatic nitrogens is 1. The van der Waals surface area contributed by atoms with Crippen LogP contribution >= 0.6 is 0 Å². The molecule has 1 aliphatic carbocycles. The van der Waals surface area contributed by atoms with E-state index in [2.05, 4.69) is 16.4 Å². The van der Waals surface area contributed by atoms with Crippen LogP contribution in [0.4, 0.5) is 0 Å². The van der Waals surface area contributed by atoms with Gasteiger partial charge in [-0.15, -0.1) is 0 Å². The molecule has 0 unspecified atom stereocenters. The Hall–Kier alpha value is -2.21. The molecule has 1 aromatic heterocycles. The maximum Gasteiger partial charge on any atom is 0.227 e. The lowest BCUT2D eigenvalue weighted by Gasteiger charge is -2.40. The van der Waals surface area contributed by atoms with Crippen LogP contribution in [-0.4, -0.2) is 47.0 Å². The van der Waals surface area contributed by atoms with Crippen LogP contribution in [0.25, 0.3) is 0 Å². The second-order valence-corrected chi connectivity index (χ2v) is 8.11. The fourth-order valence-corrected chi connectivity index (χ4v) is 4.62. The minimum atomic E-state index is -0.222. The van der Waals surface area contributed by atoms with Gasteiger partial charge in [0.1, 0.15) is 0 Å². The van der Waals surface area contributed by atoms with Gasteiger partial charge in [0.25, 0.3) is 0 Å². The summed E-state index contributed by atoms with van der Waals surface area (Å²) in [7, 11) is 0. The lowest BCUT2D eigenvalue weighted by molar-refractivity contribution is -0.141. The number of ether oxygens (including phenoxy) is 1. The molecule has 28 heavy (non-hydrogen) atoms. The van der Waals surface area contributed by atoms with E-state index in [-0.39, 0.29) is 29.9 Å². The van der Waals surface area contributed by atoms with Crippen LogP contribution in [0.5, 0.6) is 0 Å². The molecular formula is C22H29N3O3. The third-order valence-electron chi connectivity index (χ3n) is 6.15. The first-order valence-corrected chi connectivity index (χ1v) is 10.5. The van der Waals surface area contributed by atoms with Gasteiger partial charge in [-0.2, -0.15) is 0 Å². The van der Waals surface area contributed by atoms with E-state index in [4.69, 9.17) is 4.74 Å². The minimum Gasteiger partial charge on any atom is -0.376 e. The molecule has 3 heterocycles. The number of piperidine rings is 1. The van der Waals surface area contributed by atoms with Crippen LogP contribution in [-0.2, 0) is 20.9 Å². The van der Waals surface area contributed by atoms with Crippen LogP contribution < -0.4 is 5.32 Å². The third-order valence-corrected chi connectivity index (χ3v) is 6.15. The number of nitrogens with one attached hydrogen (secondary N) is 1. The van der Waals surface area contributed by atoms with E-state index in [0.29, 0.717) is 32.5 Å². The monoisotopic (exact) mass is 383 g/mol. The number of allylic oxidation sites excluding steroid dienone is 1. The number of hydrogen-bond acceptors (Lipinski definition) is 4. The SMILES string of the molecule is O=C(NCc1cccnc1)[C@H]1C[C@H]2OCC[C@H]2N(C(=O)CC2=CCCCC2)C1. The summed E-state index contributed by atoms with van der Waals surface area (Å²) in [5, 5.41) is 3.01. The van der Waals surface area contributed by atoms with Crippen molar-refractivity contribution in [3.05, 3.63) is 41.7 Å². The minimum absolute atomic E-state index is 0.00696. The van der Waals surface area contributed by atoms with Crippen molar-refractivity contribution in [1.29, 1.82) is 0 Å². The molecular weight excluding hydrogens is 354 g/mol. The lowest BCUT2D eigenvalue weighted by Crippen LogP contribution is -2.55. The standard InChI is InChI=1S/C22H29N3O3/c26-21(11-16-5-2-1-3-6-16)25-15-18(12-20-19(25)8-10-28-20)22(27)24-14-17-7-4-9-23-13-17/h4-5,7,9,13,18-20H,1-3,6,8,10-12,14-15H2,(H,24,27)/t18-,19+,20+/m0/s1. The Bertz CT molecular complexity index is 734. The van der Waals surface area contributed by atoms with Gasteiger partial charge in [-0.05, 0) is 50.2 Å². The molecule has 6 nitrogen and oxygen atoms in total. The lowest BCUT2D eigenvalue weighted by atomic mass is 9.88. The zero-order valence-corrected chi connectivity index (χ0v) is 16.3. The quantitative estimate of drug-likeness (QED) is 0.794. The van der Waals surface area contributed by atoms with Crippen LogP contribution in [0.3, 0.4) is 0 Å². The van der Waals surface area contributed by atoms with Crippen LogP contribution in [0.15, 0.2) is 36.2 Å². The van der Waals surface area contributed by atoms with Crippen molar-refractivity contribution < 1.29 is 14.3 Å². The average Bonchev–Trinajstić information content (AvgIpc) is 3.21. The zero-order valence-electron chi connectivity index (χ0n) is 16.3. The highest BCUT2D eigenvalue weighted by molar-refractivity contribution is 5.82. The van der Waals surface area contributed by atoms with Crippen LogP contribution in [0.1, 0.15) is 50.5 Å². The molecule has 2 amide bonds. The maximum atomic E-state index is 13.0. The highest BCUT2D eigenvalue weighted by Gasteiger charge is 2.44. The van der Waals surface area contributed by atoms with Crippen molar-refractivity contribution in [3.63, 3.8) is 0 Å². The number of fused-ring (bicyclic) bond motifs is 1. The Balaban J connectivity index is 1.39. The number of likely N-dealkylation sites (tertiary alicyclic amines) is 1. The molecule has 1 N–H and O–H groups in total. The molecule has 0 spiro atoms. The molecule has 0 bridgehead atoms. The first-order valence-electron chi connectivity index (χ1n) is 10.5. The Morgan fingerprint density at radius 2 is 2.25 bits per heavy atom. The Morgan fingerprint density at radius 3 is 3.04 bits per heavy atom. The van der Waals surface area contributed by atoms with E-state index in [1.165, 1.54) is 18.4 Å².